The Morgan fingerprint density at radius 2 is 2.10 bits per heavy atom. The number of anilines is 2. The highest BCUT2D eigenvalue weighted by atomic mass is 35.5. The molecule has 0 aliphatic heterocycles. The zero-order chi connectivity index (χ0) is 15.2. The first kappa shape index (κ1) is 15.5. The van der Waals surface area contributed by atoms with Gasteiger partial charge in [0, 0.05) is 12.7 Å². The van der Waals surface area contributed by atoms with Crippen molar-refractivity contribution in [3.8, 4) is 0 Å². The van der Waals surface area contributed by atoms with Gasteiger partial charge in [0.05, 0.1) is 15.7 Å². The minimum absolute atomic E-state index is 0.237. The summed E-state index contributed by atoms with van der Waals surface area (Å²) in [5.41, 5.74) is 0.870. The molecule has 7 heteroatoms. The van der Waals surface area contributed by atoms with Crippen LogP contribution in [-0.2, 0) is 0 Å². The zero-order valence-electron chi connectivity index (χ0n) is 11.4. The van der Waals surface area contributed by atoms with Crippen molar-refractivity contribution in [1.82, 2.24) is 15.3 Å². The van der Waals surface area contributed by atoms with Gasteiger partial charge in [-0.2, -0.15) is 0 Å². The molecule has 0 bridgehead atoms. The van der Waals surface area contributed by atoms with Gasteiger partial charge in [-0.1, -0.05) is 36.2 Å². The number of hydrogen-bond acceptors (Lipinski definition) is 4. The molecule has 1 amide bonds. The van der Waals surface area contributed by atoms with Gasteiger partial charge < -0.3 is 10.6 Å². The van der Waals surface area contributed by atoms with E-state index in [1.54, 1.807) is 24.3 Å². The van der Waals surface area contributed by atoms with E-state index in [2.05, 4.69) is 20.6 Å². The Balaban J connectivity index is 2.18. The first-order valence-electron chi connectivity index (χ1n) is 6.44. The Bertz CT molecular complexity index is 649. The van der Waals surface area contributed by atoms with Crippen molar-refractivity contribution in [1.29, 1.82) is 0 Å². The Labute approximate surface area is 132 Å². The van der Waals surface area contributed by atoms with Crippen molar-refractivity contribution in [3.63, 3.8) is 0 Å². The van der Waals surface area contributed by atoms with Crippen LogP contribution in [0.5, 0.6) is 0 Å². The molecule has 0 atom stereocenters. The predicted octanol–water partition coefficient (Wildman–Crippen LogP) is 3.67. The molecule has 0 saturated carbocycles. The summed E-state index contributed by atoms with van der Waals surface area (Å²) in [6.45, 7) is 2.58. The molecule has 0 aliphatic carbocycles. The Morgan fingerprint density at radius 1 is 1.29 bits per heavy atom. The maximum atomic E-state index is 11.9. The third kappa shape index (κ3) is 4.06. The van der Waals surface area contributed by atoms with Crippen LogP contribution in [0.2, 0.25) is 10.0 Å². The lowest BCUT2D eigenvalue weighted by Gasteiger charge is -2.09. The fourth-order valence-corrected chi connectivity index (χ4v) is 1.94. The van der Waals surface area contributed by atoms with Crippen LogP contribution in [0.15, 0.2) is 30.5 Å². The molecule has 0 saturated heterocycles. The second kappa shape index (κ2) is 7.24. The van der Waals surface area contributed by atoms with E-state index in [1.165, 1.54) is 6.20 Å². The summed E-state index contributed by atoms with van der Waals surface area (Å²) >= 11 is 12.0. The van der Waals surface area contributed by atoms with E-state index in [1.807, 2.05) is 6.92 Å². The van der Waals surface area contributed by atoms with Crippen LogP contribution in [0.25, 0.3) is 0 Å². The number of aromatic nitrogens is 2. The molecule has 1 aromatic heterocycles. The number of amides is 1. The van der Waals surface area contributed by atoms with Crippen LogP contribution in [0.3, 0.4) is 0 Å². The molecule has 1 aromatic carbocycles. The van der Waals surface area contributed by atoms with Crippen LogP contribution in [0.4, 0.5) is 11.6 Å². The van der Waals surface area contributed by atoms with Crippen molar-refractivity contribution >= 4 is 40.7 Å². The van der Waals surface area contributed by atoms with Crippen LogP contribution in [0, 0.1) is 0 Å². The monoisotopic (exact) mass is 324 g/mol. The SMILES string of the molecule is CCCNC(=O)c1ccnc(Nc2cccc(Cl)c2Cl)n1. The van der Waals surface area contributed by atoms with Gasteiger partial charge in [0.25, 0.3) is 5.91 Å². The lowest BCUT2D eigenvalue weighted by molar-refractivity contribution is 0.0948. The molecule has 0 aliphatic rings. The molecule has 2 rings (SSSR count). The van der Waals surface area contributed by atoms with Gasteiger partial charge >= 0.3 is 0 Å². The molecule has 0 radical (unpaired) electrons. The highest BCUT2D eigenvalue weighted by molar-refractivity contribution is 6.43. The summed E-state index contributed by atoms with van der Waals surface area (Å²) in [4.78, 5) is 20.1. The lowest BCUT2D eigenvalue weighted by atomic mass is 10.3. The van der Waals surface area contributed by atoms with Crippen LogP contribution in [-0.4, -0.2) is 22.4 Å². The number of halogens is 2. The van der Waals surface area contributed by atoms with E-state index in [4.69, 9.17) is 23.2 Å². The number of carbonyl (C=O) groups is 1. The van der Waals surface area contributed by atoms with E-state index in [0.717, 1.165) is 6.42 Å². The summed E-state index contributed by atoms with van der Waals surface area (Å²) in [7, 11) is 0. The van der Waals surface area contributed by atoms with Crippen molar-refractivity contribution in [3.05, 3.63) is 46.2 Å². The average Bonchev–Trinajstić information content (AvgIpc) is 2.50. The van der Waals surface area contributed by atoms with Crippen LogP contribution >= 0.6 is 23.2 Å². The van der Waals surface area contributed by atoms with Crippen LogP contribution < -0.4 is 10.6 Å². The van der Waals surface area contributed by atoms with Gasteiger partial charge in [-0.15, -0.1) is 0 Å². The number of nitrogens with zero attached hydrogens (tertiary/aromatic N) is 2. The molecule has 2 aromatic rings. The number of hydrogen-bond donors (Lipinski definition) is 2. The summed E-state index contributed by atoms with van der Waals surface area (Å²) < 4.78 is 0. The summed E-state index contributed by atoms with van der Waals surface area (Å²) in [6, 6.07) is 6.75. The Morgan fingerprint density at radius 3 is 2.86 bits per heavy atom. The van der Waals surface area contributed by atoms with Crippen molar-refractivity contribution in [2.45, 2.75) is 13.3 Å². The second-order valence-corrected chi connectivity index (χ2v) is 5.03. The van der Waals surface area contributed by atoms with Gasteiger partial charge in [-0.05, 0) is 24.6 Å². The summed E-state index contributed by atoms with van der Waals surface area (Å²) in [5.74, 6) is 0.0443. The van der Waals surface area contributed by atoms with Gasteiger partial charge in [0.2, 0.25) is 5.95 Å². The summed E-state index contributed by atoms with van der Waals surface area (Å²) in [6.07, 6.45) is 2.37. The number of nitrogens with one attached hydrogen (secondary N) is 2. The third-order valence-corrected chi connectivity index (χ3v) is 3.44. The maximum Gasteiger partial charge on any atom is 0.270 e. The number of carbonyl (C=O) groups excluding carboxylic acids is 1. The maximum absolute atomic E-state index is 11.9. The molecule has 110 valence electrons. The highest BCUT2D eigenvalue weighted by Crippen LogP contribution is 2.30. The van der Waals surface area contributed by atoms with Gasteiger partial charge in [-0.25, -0.2) is 9.97 Å². The quantitative estimate of drug-likeness (QED) is 0.880. The first-order chi connectivity index (χ1) is 10.1. The van der Waals surface area contributed by atoms with Crippen molar-refractivity contribution in [2.24, 2.45) is 0 Å². The highest BCUT2D eigenvalue weighted by Gasteiger charge is 2.10. The molecule has 2 N–H and O–H groups in total. The van der Waals surface area contributed by atoms with Crippen molar-refractivity contribution in [2.75, 3.05) is 11.9 Å². The fraction of sp³-hybridized carbons (Fsp3) is 0.214. The van der Waals surface area contributed by atoms with Crippen molar-refractivity contribution < 1.29 is 4.79 Å². The average molecular weight is 325 g/mol. The molecule has 0 spiro atoms. The molecular weight excluding hydrogens is 311 g/mol. The number of rotatable bonds is 5. The van der Waals surface area contributed by atoms with E-state index in [0.29, 0.717) is 28.0 Å². The normalized spacial score (nSPS) is 10.2. The van der Waals surface area contributed by atoms with Gasteiger partial charge in [0.15, 0.2) is 0 Å². The Hall–Kier alpha value is -1.85. The third-order valence-electron chi connectivity index (χ3n) is 2.62. The Kier molecular flexibility index (Phi) is 5.36. The van der Waals surface area contributed by atoms with E-state index in [9.17, 15) is 4.79 Å². The molecule has 5 nitrogen and oxygen atoms in total. The lowest BCUT2D eigenvalue weighted by Crippen LogP contribution is -2.25. The standard InChI is InChI=1S/C14H14Cl2N4O/c1-2-7-17-13(21)11-6-8-18-14(20-11)19-10-5-3-4-9(15)12(10)16/h3-6,8H,2,7H2,1H3,(H,17,21)(H,18,19,20). The minimum atomic E-state index is -0.237. The zero-order valence-corrected chi connectivity index (χ0v) is 12.9. The molecule has 1 heterocycles. The largest absolute Gasteiger partial charge is 0.351 e. The first-order valence-corrected chi connectivity index (χ1v) is 7.19. The minimum Gasteiger partial charge on any atom is -0.351 e. The molecule has 21 heavy (non-hydrogen) atoms. The predicted molar refractivity (Wildman–Crippen MR) is 84.4 cm³/mol. The second-order valence-electron chi connectivity index (χ2n) is 4.25. The summed E-state index contributed by atoms with van der Waals surface area (Å²) in [5, 5.41) is 6.51. The van der Waals surface area contributed by atoms with E-state index >= 15 is 0 Å². The topological polar surface area (TPSA) is 66.9 Å². The number of benzene rings is 1. The van der Waals surface area contributed by atoms with Gasteiger partial charge in [0.1, 0.15) is 5.69 Å². The smallest absolute Gasteiger partial charge is 0.270 e. The van der Waals surface area contributed by atoms with E-state index in [-0.39, 0.29) is 11.9 Å². The van der Waals surface area contributed by atoms with Crippen LogP contribution in [0.1, 0.15) is 23.8 Å². The molecule has 0 fully saturated rings. The van der Waals surface area contributed by atoms with Gasteiger partial charge in [-0.3, -0.25) is 4.79 Å². The molecule has 0 unspecified atom stereocenters. The molecular formula is C14H14Cl2N4O. The fourth-order valence-electron chi connectivity index (χ4n) is 1.60. The van der Waals surface area contributed by atoms with E-state index < -0.39 is 0 Å².